The van der Waals surface area contributed by atoms with Crippen LogP contribution < -0.4 is 5.32 Å². The molecule has 4 nitrogen and oxygen atoms in total. The first-order valence-electron chi connectivity index (χ1n) is 7.91. The number of ether oxygens (including phenoxy) is 1. The van der Waals surface area contributed by atoms with Gasteiger partial charge in [-0.2, -0.15) is 0 Å². The minimum absolute atomic E-state index is 0.630. The third-order valence-corrected chi connectivity index (χ3v) is 5.57. The minimum atomic E-state index is 0.630. The van der Waals surface area contributed by atoms with E-state index < -0.39 is 0 Å². The fourth-order valence-corrected chi connectivity index (χ4v) is 4.50. The van der Waals surface area contributed by atoms with Gasteiger partial charge < -0.3 is 10.1 Å². The lowest BCUT2D eigenvalue weighted by Gasteiger charge is -2.11. The fourth-order valence-electron chi connectivity index (χ4n) is 3.27. The van der Waals surface area contributed by atoms with Gasteiger partial charge in [-0.15, -0.1) is 11.3 Å². The molecule has 0 saturated heterocycles. The molecule has 23 heavy (non-hydrogen) atoms. The van der Waals surface area contributed by atoms with E-state index in [2.05, 4.69) is 33.5 Å². The highest BCUT2D eigenvalue weighted by atomic mass is 32.1. The Balaban J connectivity index is 1.64. The Hall–Kier alpha value is -1.98. The van der Waals surface area contributed by atoms with Crippen LogP contribution >= 0.6 is 11.3 Å². The third-order valence-electron chi connectivity index (χ3n) is 4.37. The summed E-state index contributed by atoms with van der Waals surface area (Å²) in [7, 11) is 1.73. The number of hydrogen-bond acceptors (Lipinski definition) is 5. The number of aryl methyl sites for hydroxylation is 2. The van der Waals surface area contributed by atoms with Crippen LogP contribution in [0.25, 0.3) is 10.2 Å². The topological polar surface area (TPSA) is 47.0 Å². The second-order valence-corrected chi connectivity index (χ2v) is 6.90. The molecule has 0 bridgehead atoms. The van der Waals surface area contributed by atoms with Gasteiger partial charge in [0, 0.05) is 18.5 Å². The molecule has 118 valence electrons. The van der Waals surface area contributed by atoms with Gasteiger partial charge in [0.15, 0.2) is 0 Å². The summed E-state index contributed by atoms with van der Waals surface area (Å²) < 4.78 is 5.29. The van der Waals surface area contributed by atoms with E-state index in [-0.39, 0.29) is 0 Å². The molecule has 2 aromatic heterocycles. The lowest BCUT2D eigenvalue weighted by atomic mass is 10.1. The number of aromatic nitrogens is 2. The van der Waals surface area contributed by atoms with E-state index in [4.69, 9.17) is 4.74 Å². The van der Waals surface area contributed by atoms with Crippen LogP contribution in [-0.4, -0.2) is 17.1 Å². The van der Waals surface area contributed by atoms with Gasteiger partial charge in [0.1, 0.15) is 17.0 Å². The molecule has 1 aliphatic rings. The van der Waals surface area contributed by atoms with Crippen LogP contribution in [0.15, 0.2) is 30.6 Å². The second kappa shape index (κ2) is 6.26. The number of nitrogens with one attached hydrogen (secondary N) is 1. The first-order valence-corrected chi connectivity index (χ1v) is 8.73. The largest absolute Gasteiger partial charge is 0.380 e. The summed E-state index contributed by atoms with van der Waals surface area (Å²) in [6.45, 7) is 1.38. The molecule has 0 unspecified atom stereocenters. The Labute approximate surface area is 139 Å². The van der Waals surface area contributed by atoms with Gasteiger partial charge in [-0.1, -0.05) is 24.3 Å². The number of anilines is 1. The van der Waals surface area contributed by atoms with Crippen molar-refractivity contribution in [2.75, 3.05) is 12.4 Å². The summed E-state index contributed by atoms with van der Waals surface area (Å²) >= 11 is 1.82. The molecule has 0 atom stereocenters. The highest BCUT2D eigenvalue weighted by Gasteiger charge is 2.21. The van der Waals surface area contributed by atoms with Crippen molar-refractivity contribution in [3.63, 3.8) is 0 Å². The summed E-state index contributed by atoms with van der Waals surface area (Å²) in [4.78, 5) is 11.6. The monoisotopic (exact) mass is 325 g/mol. The maximum Gasteiger partial charge on any atom is 0.138 e. The Morgan fingerprint density at radius 2 is 2.04 bits per heavy atom. The molecule has 2 heterocycles. The van der Waals surface area contributed by atoms with Crippen LogP contribution in [-0.2, 0) is 30.7 Å². The SMILES string of the molecule is COCc1ccccc1CNc1ncnc2sc3c(c12)CCC3. The molecule has 0 aliphatic heterocycles. The zero-order chi connectivity index (χ0) is 15.6. The first kappa shape index (κ1) is 14.6. The van der Waals surface area contributed by atoms with Crippen LogP contribution in [0, 0.1) is 0 Å². The van der Waals surface area contributed by atoms with Crippen LogP contribution in [0.4, 0.5) is 5.82 Å². The average Bonchev–Trinajstić information content (AvgIpc) is 3.15. The van der Waals surface area contributed by atoms with Gasteiger partial charge >= 0.3 is 0 Å². The summed E-state index contributed by atoms with van der Waals surface area (Å²) in [5, 5.41) is 4.75. The van der Waals surface area contributed by atoms with Crippen molar-refractivity contribution in [1.82, 2.24) is 9.97 Å². The maximum absolute atomic E-state index is 5.29. The van der Waals surface area contributed by atoms with E-state index in [1.165, 1.54) is 39.8 Å². The van der Waals surface area contributed by atoms with E-state index in [9.17, 15) is 0 Å². The first-order chi connectivity index (χ1) is 11.4. The van der Waals surface area contributed by atoms with Gasteiger partial charge in [0.05, 0.1) is 12.0 Å². The number of benzene rings is 1. The number of thiophene rings is 1. The standard InChI is InChI=1S/C18H19N3OS/c1-22-10-13-6-3-2-5-12(13)9-19-17-16-14-7-4-8-15(14)23-18(16)21-11-20-17/h2-3,5-6,11H,4,7-10H2,1H3,(H,19,20,21). The van der Waals surface area contributed by atoms with Crippen LogP contribution in [0.5, 0.6) is 0 Å². The summed E-state index contributed by atoms with van der Waals surface area (Å²) in [6, 6.07) is 8.36. The molecule has 1 aliphatic carbocycles. The normalized spacial score (nSPS) is 13.4. The van der Waals surface area contributed by atoms with Crippen molar-refractivity contribution >= 4 is 27.4 Å². The third kappa shape index (κ3) is 2.71. The van der Waals surface area contributed by atoms with E-state index in [1.807, 2.05) is 17.4 Å². The zero-order valence-electron chi connectivity index (χ0n) is 13.1. The predicted octanol–water partition coefficient (Wildman–Crippen LogP) is 3.94. The highest BCUT2D eigenvalue weighted by Crippen LogP contribution is 2.39. The van der Waals surface area contributed by atoms with E-state index in [0.29, 0.717) is 6.61 Å². The van der Waals surface area contributed by atoms with Crippen LogP contribution in [0.2, 0.25) is 0 Å². The second-order valence-electron chi connectivity index (χ2n) is 5.82. The number of methoxy groups -OCH3 is 1. The quantitative estimate of drug-likeness (QED) is 0.772. The molecule has 0 saturated carbocycles. The van der Waals surface area contributed by atoms with Crippen LogP contribution in [0.1, 0.15) is 28.0 Å². The highest BCUT2D eigenvalue weighted by molar-refractivity contribution is 7.19. The molecule has 1 N–H and O–H groups in total. The van der Waals surface area contributed by atoms with Gasteiger partial charge in [0.25, 0.3) is 0 Å². The molecule has 0 spiro atoms. The Kier molecular flexibility index (Phi) is 3.97. The van der Waals surface area contributed by atoms with Crippen molar-refractivity contribution < 1.29 is 4.74 Å². The summed E-state index contributed by atoms with van der Waals surface area (Å²) in [6.07, 6.45) is 5.25. The van der Waals surface area contributed by atoms with Gasteiger partial charge in [-0.05, 0) is 36.0 Å². The number of nitrogens with zero attached hydrogens (tertiary/aromatic N) is 2. The number of rotatable bonds is 5. The van der Waals surface area contributed by atoms with Crippen molar-refractivity contribution in [1.29, 1.82) is 0 Å². The smallest absolute Gasteiger partial charge is 0.138 e. The summed E-state index contributed by atoms with van der Waals surface area (Å²) in [5.41, 5.74) is 3.91. The lowest BCUT2D eigenvalue weighted by molar-refractivity contribution is 0.184. The summed E-state index contributed by atoms with van der Waals surface area (Å²) in [5.74, 6) is 0.960. The van der Waals surface area contributed by atoms with Crippen molar-refractivity contribution in [2.24, 2.45) is 0 Å². The Bertz CT molecular complexity index is 843. The predicted molar refractivity (Wildman–Crippen MR) is 93.9 cm³/mol. The van der Waals surface area contributed by atoms with Crippen LogP contribution in [0.3, 0.4) is 0 Å². The van der Waals surface area contributed by atoms with Gasteiger partial charge in [-0.25, -0.2) is 9.97 Å². The molecule has 3 aromatic rings. The fraction of sp³-hybridized carbons (Fsp3) is 0.333. The minimum Gasteiger partial charge on any atom is -0.380 e. The van der Waals surface area contributed by atoms with Crippen molar-refractivity contribution in [3.8, 4) is 0 Å². The Morgan fingerprint density at radius 1 is 1.17 bits per heavy atom. The molecular weight excluding hydrogens is 306 g/mol. The zero-order valence-corrected chi connectivity index (χ0v) is 13.9. The van der Waals surface area contributed by atoms with Crippen molar-refractivity contribution in [3.05, 3.63) is 52.2 Å². The molecule has 1 aromatic carbocycles. The maximum atomic E-state index is 5.29. The number of fused-ring (bicyclic) bond motifs is 3. The lowest BCUT2D eigenvalue weighted by Crippen LogP contribution is -2.05. The van der Waals surface area contributed by atoms with Gasteiger partial charge in [0.2, 0.25) is 0 Å². The average molecular weight is 325 g/mol. The molecule has 0 amide bonds. The number of hydrogen-bond donors (Lipinski definition) is 1. The molecule has 4 rings (SSSR count). The van der Waals surface area contributed by atoms with Gasteiger partial charge in [-0.3, -0.25) is 0 Å². The molecule has 5 heteroatoms. The molecule has 0 radical (unpaired) electrons. The molecule has 0 fully saturated rings. The van der Waals surface area contributed by atoms with E-state index in [0.717, 1.165) is 23.6 Å². The Morgan fingerprint density at radius 3 is 2.91 bits per heavy atom. The molecular formula is C18H19N3OS. The van der Waals surface area contributed by atoms with E-state index >= 15 is 0 Å². The van der Waals surface area contributed by atoms with E-state index in [1.54, 1.807) is 13.4 Å². The van der Waals surface area contributed by atoms with Crippen molar-refractivity contribution in [2.45, 2.75) is 32.4 Å².